The predicted molar refractivity (Wildman–Crippen MR) is 103 cm³/mol. The van der Waals surface area contributed by atoms with Crippen LogP contribution in [0.25, 0.3) is 0 Å². The molecule has 12 heteroatoms. The second-order valence-electron chi connectivity index (χ2n) is 6.82. The van der Waals surface area contributed by atoms with Gasteiger partial charge in [0.25, 0.3) is 0 Å². The molecule has 0 bridgehead atoms. The van der Waals surface area contributed by atoms with Crippen molar-refractivity contribution in [2.24, 2.45) is 5.73 Å². The van der Waals surface area contributed by atoms with Crippen molar-refractivity contribution in [3.63, 3.8) is 0 Å². The summed E-state index contributed by atoms with van der Waals surface area (Å²) >= 11 is 1.25. The zero-order valence-electron chi connectivity index (χ0n) is 15.6. The molecule has 0 spiro atoms. The highest BCUT2D eigenvalue weighted by molar-refractivity contribution is 7.99. The maximum atomic E-state index is 13.2. The van der Waals surface area contributed by atoms with E-state index < -0.39 is 41.9 Å². The molecule has 2 aliphatic rings. The zero-order valence-corrected chi connectivity index (χ0v) is 16.4. The Labute approximate surface area is 170 Å². The molecule has 3 rings (SSSR count). The third-order valence-electron chi connectivity index (χ3n) is 4.60. The molecule has 4 unspecified atom stereocenters. The van der Waals surface area contributed by atoms with Crippen molar-refractivity contribution in [1.82, 2.24) is 26.2 Å². The number of nitrogens with one attached hydrogen (secondary N) is 4. The Hall–Kier alpha value is -2.25. The van der Waals surface area contributed by atoms with Crippen LogP contribution in [0.4, 0.5) is 4.39 Å². The monoisotopic (exact) mass is 426 g/mol. The first kappa shape index (κ1) is 21.5. The summed E-state index contributed by atoms with van der Waals surface area (Å²) in [5, 5.41) is 20.6. The number of carbonyl (C=O) groups excluding carboxylic acids is 2. The molecule has 2 heterocycles. The molecule has 0 radical (unpaired) electrons. The highest BCUT2D eigenvalue weighted by Gasteiger charge is 2.48. The fourth-order valence-electron chi connectivity index (χ4n) is 3.29. The number of carbonyl (C=O) groups is 3. The molecule has 1 aromatic rings. The van der Waals surface area contributed by atoms with E-state index in [-0.39, 0.29) is 17.5 Å². The largest absolute Gasteiger partial charge is 0.480 e. The molecule has 7 N–H and O–H groups in total. The number of hydrogen-bond donors (Lipinski definition) is 6. The normalized spacial score (nSPS) is 27.8. The number of rotatable bonds is 7. The van der Waals surface area contributed by atoms with Crippen LogP contribution in [-0.2, 0) is 20.9 Å². The molecule has 1 aromatic carbocycles. The van der Waals surface area contributed by atoms with E-state index in [1.807, 2.05) is 4.90 Å². The van der Waals surface area contributed by atoms with Gasteiger partial charge >= 0.3 is 5.97 Å². The van der Waals surface area contributed by atoms with Crippen LogP contribution >= 0.6 is 11.8 Å². The lowest BCUT2D eigenvalue weighted by Crippen LogP contribution is -2.69. The summed E-state index contributed by atoms with van der Waals surface area (Å²) in [7, 11) is 0. The number of nitrogens with two attached hydrogens (primary N) is 1. The van der Waals surface area contributed by atoms with Gasteiger partial charge in [0.2, 0.25) is 11.8 Å². The van der Waals surface area contributed by atoms with Crippen molar-refractivity contribution in [2.45, 2.75) is 43.5 Å². The Bertz CT molecular complexity index is 782. The summed E-state index contributed by atoms with van der Waals surface area (Å²) in [4.78, 5) is 36.9. The van der Waals surface area contributed by atoms with Gasteiger partial charge < -0.3 is 15.7 Å². The number of nitrogens with zero attached hydrogens (tertiary/aromatic N) is 1. The minimum absolute atomic E-state index is 0.0829. The number of carboxylic acid groups (broad SMARTS) is 1. The molecule has 2 saturated heterocycles. The summed E-state index contributed by atoms with van der Waals surface area (Å²) < 4.78 is 13.2. The average Bonchev–Trinajstić information content (AvgIpc) is 2.98. The molecule has 0 saturated carbocycles. The van der Waals surface area contributed by atoms with Crippen molar-refractivity contribution in [1.29, 1.82) is 0 Å². The third-order valence-corrected chi connectivity index (χ3v) is 5.85. The molecule has 0 aromatic heterocycles. The summed E-state index contributed by atoms with van der Waals surface area (Å²) in [6.45, 7) is 1.62. The second kappa shape index (κ2) is 9.05. The Morgan fingerprint density at radius 2 is 2.03 bits per heavy atom. The van der Waals surface area contributed by atoms with Crippen LogP contribution in [0.15, 0.2) is 24.3 Å². The first-order valence-electron chi connectivity index (χ1n) is 8.94. The summed E-state index contributed by atoms with van der Waals surface area (Å²) in [5.41, 5.74) is 6.22. The van der Waals surface area contributed by atoms with Gasteiger partial charge in [-0.3, -0.25) is 30.9 Å². The smallest absolute Gasteiger partial charge is 0.327 e. The van der Waals surface area contributed by atoms with Crippen LogP contribution in [0, 0.1) is 5.82 Å². The van der Waals surface area contributed by atoms with E-state index in [1.165, 1.54) is 30.8 Å². The number of benzene rings is 1. The zero-order chi connectivity index (χ0) is 21.1. The predicted octanol–water partition coefficient (Wildman–Crippen LogP) is -1.51. The lowest BCUT2D eigenvalue weighted by Gasteiger charge is -2.36. The van der Waals surface area contributed by atoms with Crippen LogP contribution in [0.3, 0.4) is 0 Å². The van der Waals surface area contributed by atoms with E-state index >= 15 is 0 Å². The first-order valence-corrected chi connectivity index (χ1v) is 9.99. The van der Waals surface area contributed by atoms with Gasteiger partial charge in [-0.05, 0) is 17.7 Å². The maximum Gasteiger partial charge on any atom is 0.327 e. The van der Waals surface area contributed by atoms with Gasteiger partial charge in [0, 0.05) is 19.2 Å². The van der Waals surface area contributed by atoms with E-state index in [0.717, 1.165) is 5.56 Å². The summed E-state index contributed by atoms with van der Waals surface area (Å²) in [6, 6.07) is 4.32. The maximum absolute atomic E-state index is 13.2. The van der Waals surface area contributed by atoms with Gasteiger partial charge in [-0.2, -0.15) is 0 Å². The lowest BCUT2D eigenvalue weighted by atomic mass is 10.1. The number of thioether (sulfide) groups is 1. The molecule has 10 nitrogen and oxygen atoms in total. The molecule has 0 aliphatic carbocycles. The minimum atomic E-state index is -1.15. The second-order valence-corrected chi connectivity index (χ2v) is 7.93. The number of fused-ring (bicyclic) bond motifs is 1. The van der Waals surface area contributed by atoms with Crippen LogP contribution in [-0.4, -0.2) is 63.6 Å². The third kappa shape index (κ3) is 5.22. The number of amides is 2. The van der Waals surface area contributed by atoms with Crippen molar-refractivity contribution < 1.29 is 23.9 Å². The minimum Gasteiger partial charge on any atom is -0.480 e. The quantitative estimate of drug-likeness (QED) is 0.306. The van der Waals surface area contributed by atoms with Crippen LogP contribution in [0.5, 0.6) is 0 Å². The van der Waals surface area contributed by atoms with E-state index in [4.69, 9.17) is 5.73 Å². The molecule has 2 aliphatic heterocycles. The van der Waals surface area contributed by atoms with Crippen LogP contribution in [0.2, 0.25) is 0 Å². The van der Waals surface area contributed by atoms with Crippen molar-refractivity contribution in [3.05, 3.63) is 35.6 Å². The van der Waals surface area contributed by atoms with Gasteiger partial charge in [0.05, 0.1) is 6.17 Å². The Balaban J connectivity index is 1.77. The SMILES string of the molecule is CC(=O)N[C@@H](CSC1NC2C(=O)NC(N)NC2N1Cc1ccc(F)cc1)C(=O)O. The van der Waals surface area contributed by atoms with Gasteiger partial charge in [-0.25, -0.2) is 9.18 Å². The number of hydrogen-bond acceptors (Lipinski definition) is 8. The van der Waals surface area contributed by atoms with E-state index in [2.05, 4.69) is 21.3 Å². The van der Waals surface area contributed by atoms with E-state index in [1.54, 1.807) is 12.1 Å². The Morgan fingerprint density at radius 3 is 2.66 bits per heavy atom. The first-order chi connectivity index (χ1) is 13.7. The Morgan fingerprint density at radius 1 is 1.34 bits per heavy atom. The van der Waals surface area contributed by atoms with E-state index in [9.17, 15) is 23.9 Å². The fraction of sp³-hybridized carbons (Fsp3) is 0.471. The summed E-state index contributed by atoms with van der Waals surface area (Å²) in [6.07, 6.45) is -1.17. The molecule has 2 fully saturated rings. The fourth-order valence-corrected chi connectivity index (χ4v) is 4.53. The van der Waals surface area contributed by atoms with Crippen LogP contribution < -0.4 is 27.0 Å². The highest BCUT2D eigenvalue weighted by Crippen LogP contribution is 2.28. The topological polar surface area (TPSA) is 149 Å². The van der Waals surface area contributed by atoms with Crippen molar-refractivity contribution in [2.75, 3.05) is 5.75 Å². The molecular weight excluding hydrogens is 403 g/mol. The molecule has 29 heavy (non-hydrogen) atoms. The number of aliphatic carboxylic acids is 1. The standard InChI is InChI=1S/C17H23FN6O4S/c1-8(25)20-11(15(27)28)7-29-17-21-12-13(22-16(19)23-14(12)26)24(17)6-9-2-4-10(18)5-3-9/h2-5,11-13,16-17,21-22H,6-7,19H2,1H3,(H,20,25)(H,23,26)(H,27,28)/t11-,12?,13?,16?,17?/m0/s1. The molecule has 158 valence electrons. The van der Waals surface area contributed by atoms with Crippen molar-refractivity contribution >= 4 is 29.5 Å². The Kier molecular flexibility index (Phi) is 6.70. The lowest BCUT2D eigenvalue weighted by molar-refractivity contribution is -0.140. The van der Waals surface area contributed by atoms with Crippen LogP contribution in [0.1, 0.15) is 12.5 Å². The van der Waals surface area contributed by atoms with Gasteiger partial charge in [0.1, 0.15) is 29.7 Å². The molecular formula is C17H23FN6O4S. The molecule has 2 amide bonds. The number of carboxylic acids is 1. The average molecular weight is 426 g/mol. The van der Waals surface area contributed by atoms with Crippen molar-refractivity contribution in [3.8, 4) is 0 Å². The highest BCUT2D eigenvalue weighted by atomic mass is 32.2. The van der Waals surface area contributed by atoms with Gasteiger partial charge in [-0.15, -0.1) is 11.8 Å². The van der Waals surface area contributed by atoms with Gasteiger partial charge in [-0.1, -0.05) is 12.1 Å². The van der Waals surface area contributed by atoms with Gasteiger partial charge in [0.15, 0.2) is 0 Å². The summed E-state index contributed by atoms with van der Waals surface area (Å²) in [5.74, 6) is -2.13. The number of halogens is 1. The molecule has 5 atom stereocenters. The van der Waals surface area contributed by atoms with E-state index in [0.29, 0.717) is 6.54 Å².